The molecule has 0 spiro atoms. The van der Waals surface area contributed by atoms with Crippen LogP contribution in [0.3, 0.4) is 0 Å². The van der Waals surface area contributed by atoms with Gasteiger partial charge in [-0.2, -0.15) is 11.3 Å². The first-order valence-electron chi connectivity index (χ1n) is 5.01. The Morgan fingerprint density at radius 3 is 2.25 bits per heavy atom. The molecule has 1 aromatic carbocycles. The molecule has 84 valence electrons. The first-order valence-corrected chi connectivity index (χ1v) is 7.43. The maximum atomic E-state index is 12.1. The molecule has 2 rings (SSSR count). The highest BCUT2D eigenvalue weighted by molar-refractivity contribution is 7.91. The van der Waals surface area contributed by atoms with Crippen LogP contribution in [0, 0.1) is 0 Å². The lowest BCUT2D eigenvalue weighted by molar-refractivity contribution is 0.596. The van der Waals surface area contributed by atoms with Crippen molar-refractivity contribution in [3.8, 4) is 0 Å². The first kappa shape index (κ1) is 11.4. The van der Waals surface area contributed by atoms with Gasteiger partial charge in [0, 0.05) is 5.38 Å². The number of hydrogen-bond acceptors (Lipinski definition) is 3. The van der Waals surface area contributed by atoms with Gasteiger partial charge < -0.3 is 0 Å². The van der Waals surface area contributed by atoms with E-state index in [9.17, 15) is 8.42 Å². The number of benzene rings is 1. The topological polar surface area (TPSA) is 34.1 Å². The fourth-order valence-corrected chi connectivity index (χ4v) is 3.73. The Bertz CT molecular complexity index is 552. The standard InChI is InChI=1S/C12H12O2S2/c1-2-10-3-5-11(6-4-10)16(13,14)12-7-8-15-9-12/h3-9H,2H2,1H3. The van der Waals surface area contributed by atoms with Crippen LogP contribution in [0.4, 0.5) is 0 Å². The average Bonchev–Trinajstić information content (AvgIpc) is 2.83. The molecule has 0 aliphatic heterocycles. The number of aryl methyl sites for hydroxylation is 1. The van der Waals surface area contributed by atoms with E-state index >= 15 is 0 Å². The summed E-state index contributed by atoms with van der Waals surface area (Å²) in [6.45, 7) is 2.04. The number of sulfone groups is 1. The van der Waals surface area contributed by atoms with Crippen molar-refractivity contribution < 1.29 is 8.42 Å². The monoisotopic (exact) mass is 252 g/mol. The molecular weight excluding hydrogens is 240 g/mol. The minimum absolute atomic E-state index is 0.364. The lowest BCUT2D eigenvalue weighted by Crippen LogP contribution is -2.00. The summed E-state index contributed by atoms with van der Waals surface area (Å²) in [4.78, 5) is 0.741. The van der Waals surface area contributed by atoms with Gasteiger partial charge in [-0.25, -0.2) is 8.42 Å². The Kier molecular flexibility index (Phi) is 3.12. The Morgan fingerprint density at radius 1 is 1.06 bits per heavy atom. The van der Waals surface area contributed by atoms with Crippen molar-refractivity contribution in [3.05, 3.63) is 46.7 Å². The van der Waals surface area contributed by atoms with E-state index in [-0.39, 0.29) is 0 Å². The third-order valence-electron chi connectivity index (χ3n) is 2.45. The average molecular weight is 252 g/mol. The normalized spacial score (nSPS) is 11.6. The van der Waals surface area contributed by atoms with E-state index in [0.717, 1.165) is 12.0 Å². The summed E-state index contributed by atoms with van der Waals surface area (Å²) >= 11 is 1.39. The number of rotatable bonds is 3. The van der Waals surface area contributed by atoms with Crippen molar-refractivity contribution >= 4 is 21.2 Å². The second-order valence-electron chi connectivity index (χ2n) is 3.46. The SMILES string of the molecule is CCc1ccc(S(=O)(=O)c2ccsc2)cc1. The van der Waals surface area contributed by atoms with E-state index in [1.807, 2.05) is 19.1 Å². The van der Waals surface area contributed by atoms with Crippen molar-refractivity contribution in [2.45, 2.75) is 23.1 Å². The molecule has 0 bridgehead atoms. The zero-order valence-corrected chi connectivity index (χ0v) is 10.5. The van der Waals surface area contributed by atoms with Crippen LogP contribution < -0.4 is 0 Å². The van der Waals surface area contributed by atoms with Crippen molar-refractivity contribution in [3.63, 3.8) is 0 Å². The van der Waals surface area contributed by atoms with Crippen molar-refractivity contribution in [1.29, 1.82) is 0 Å². The van der Waals surface area contributed by atoms with Gasteiger partial charge in [-0.05, 0) is 35.6 Å². The van der Waals surface area contributed by atoms with Crippen LogP contribution in [-0.2, 0) is 16.3 Å². The van der Waals surface area contributed by atoms with Crippen LogP contribution >= 0.6 is 11.3 Å². The molecule has 0 fully saturated rings. The predicted molar refractivity (Wildman–Crippen MR) is 65.6 cm³/mol. The van der Waals surface area contributed by atoms with E-state index in [4.69, 9.17) is 0 Å². The van der Waals surface area contributed by atoms with Gasteiger partial charge >= 0.3 is 0 Å². The fraction of sp³-hybridized carbons (Fsp3) is 0.167. The fourth-order valence-electron chi connectivity index (χ4n) is 1.45. The molecule has 0 amide bonds. The molecule has 16 heavy (non-hydrogen) atoms. The van der Waals surface area contributed by atoms with Gasteiger partial charge in [-0.15, -0.1) is 0 Å². The molecular formula is C12H12O2S2. The Hall–Kier alpha value is -1.13. The summed E-state index contributed by atoms with van der Waals surface area (Å²) in [5, 5.41) is 3.43. The van der Waals surface area contributed by atoms with Crippen LogP contribution in [0.1, 0.15) is 12.5 Å². The molecule has 0 radical (unpaired) electrons. The van der Waals surface area contributed by atoms with Crippen LogP contribution in [0.2, 0.25) is 0 Å². The van der Waals surface area contributed by atoms with E-state index in [1.54, 1.807) is 29.0 Å². The second kappa shape index (κ2) is 4.39. The summed E-state index contributed by atoms with van der Waals surface area (Å²) in [5.74, 6) is 0. The van der Waals surface area contributed by atoms with Gasteiger partial charge in [0.15, 0.2) is 0 Å². The molecule has 4 heteroatoms. The maximum absolute atomic E-state index is 12.1. The van der Waals surface area contributed by atoms with Gasteiger partial charge in [0.25, 0.3) is 0 Å². The highest BCUT2D eigenvalue weighted by atomic mass is 32.2. The third-order valence-corrected chi connectivity index (χ3v) is 5.05. The van der Waals surface area contributed by atoms with Gasteiger partial charge in [0.2, 0.25) is 9.84 Å². The molecule has 1 aromatic heterocycles. The molecule has 1 heterocycles. The van der Waals surface area contributed by atoms with Gasteiger partial charge in [0.1, 0.15) is 0 Å². The maximum Gasteiger partial charge on any atom is 0.207 e. The molecule has 0 aliphatic carbocycles. The molecule has 0 saturated carbocycles. The van der Waals surface area contributed by atoms with Gasteiger partial charge in [-0.3, -0.25) is 0 Å². The lowest BCUT2D eigenvalue weighted by Gasteiger charge is -2.03. The predicted octanol–water partition coefficient (Wildman–Crippen LogP) is 3.14. The minimum Gasteiger partial charge on any atom is -0.218 e. The zero-order valence-electron chi connectivity index (χ0n) is 8.88. The molecule has 0 saturated heterocycles. The van der Waals surface area contributed by atoms with Crippen molar-refractivity contribution in [2.75, 3.05) is 0 Å². The van der Waals surface area contributed by atoms with Crippen molar-refractivity contribution in [2.24, 2.45) is 0 Å². The van der Waals surface area contributed by atoms with Gasteiger partial charge in [0.05, 0.1) is 9.79 Å². The summed E-state index contributed by atoms with van der Waals surface area (Å²) < 4.78 is 24.2. The highest BCUT2D eigenvalue weighted by Crippen LogP contribution is 2.22. The van der Waals surface area contributed by atoms with E-state index < -0.39 is 9.84 Å². The Balaban J connectivity index is 2.44. The first-order chi connectivity index (χ1) is 7.64. The third kappa shape index (κ3) is 2.03. The largest absolute Gasteiger partial charge is 0.218 e. The Morgan fingerprint density at radius 2 is 1.75 bits per heavy atom. The molecule has 0 atom stereocenters. The summed E-state index contributed by atoms with van der Waals surface area (Å²) in [6.07, 6.45) is 0.915. The summed E-state index contributed by atoms with van der Waals surface area (Å²) in [7, 11) is -3.31. The number of thiophene rings is 1. The molecule has 0 unspecified atom stereocenters. The molecule has 0 aliphatic rings. The second-order valence-corrected chi connectivity index (χ2v) is 6.19. The summed E-state index contributed by atoms with van der Waals surface area (Å²) in [6, 6.07) is 8.70. The van der Waals surface area contributed by atoms with Crippen molar-refractivity contribution in [1.82, 2.24) is 0 Å². The molecule has 2 nitrogen and oxygen atoms in total. The van der Waals surface area contributed by atoms with Crippen LogP contribution in [0.15, 0.2) is 50.9 Å². The van der Waals surface area contributed by atoms with E-state index in [0.29, 0.717) is 9.79 Å². The number of hydrogen-bond donors (Lipinski definition) is 0. The lowest BCUT2D eigenvalue weighted by atomic mass is 10.2. The van der Waals surface area contributed by atoms with Crippen LogP contribution in [0.25, 0.3) is 0 Å². The van der Waals surface area contributed by atoms with Gasteiger partial charge in [-0.1, -0.05) is 19.1 Å². The molecule has 2 aromatic rings. The smallest absolute Gasteiger partial charge is 0.207 e. The summed E-state index contributed by atoms with van der Waals surface area (Å²) in [5.41, 5.74) is 1.14. The Labute approximate surface area is 99.5 Å². The minimum atomic E-state index is -3.31. The van der Waals surface area contributed by atoms with E-state index in [2.05, 4.69) is 0 Å². The zero-order chi connectivity index (χ0) is 11.6. The van der Waals surface area contributed by atoms with E-state index in [1.165, 1.54) is 11.3 Å². The quantitative estimate of drug-likeness (QED) is 0.841. The molecule has 0 N–H and O–H groups in total. The van der Waals surface area contributed by atoms with Crippen LogP contribution in [-0.4, -0.2) is 8.42 Å². The highest BCUT2D eigenvalue weighted by Gasteiger charge is 2.17. The van der Waals surface area contributed by atoms with Crippen LogP contribution in [0.5, 0.6) is 0 Å².